The molecule has 0 bridgehead atoms. The molecule has 3 unspecified atom stereocenters. The Balaban J connectivity index is 1.64. The highest BCUT2D eigenvalue weighted by Gasteiger charge is 2.42. The molecule has 5 heteroatoms. The van der Waals surface area contributed by atoms with Gasteiger partial charge in [0, 0.05) is 12.0 Å². The molecule has 1 amide bonds. The smallest absolute Gasteiger partial charge is 0.253 e. The summed E-state index contributed by atoms with van der Waals surface area (Å²) in [5, 5.41) is 12.6. The summed E-state index contributed by atoms with van der Waals surface area (Å²) in [7, 11) is 0. The lowest BCUT2D eigenvalue weighted by molar-refractivity contribution is -0.129. The van der Waals surface area contributed by atoms with Gasteiger partial charge in [0.25, 0.3) is 5.91 Å². The summed E-state index contributed by atoms with van der Waals surface area (Å²) in [5.41, 5.74) is 0.758. The molecule has 22 heavy (non-hydrogen) atoms. The molecule has 0 aliphatic heterocycles. The molecule has 3 atom stereocenters. The number of carbonyl (C=O) groups is 1. The van der Waals surface area contributed by atoms with Gasteiger partial charge in [-0.1, -0.05) is 42.5 Å². The number of rotatable bonds is 4. The summed E-state index contributed by atoms with van der Waals surface area (Å²) in [6.07, 6.45) is -0.729. The zero-order valence-corrected chi connectivity index (χ0v) is 11.7. The molecule has 1 fully saturated rings. The van der Waals surface area contributed by atoms with E-state index in [0.717, 1.165) is 6.07 Å². The number of hydrogen-bond donors (Lipinski definition) is 2. The maximum Gasteiger partial charge on any atom is 0.253 e. The number of carbonyl (C=O) groups excluding carboxylic acids is 1. The second kappa shape index (κ2) is 5.85. The van der Waals surface area contributed by atoms with E-state index in [4.69, 9.17) is 0 Å². The molecule has 0 aromatic heterocycles. The zero-order valence-electron chi connectivity index (χ0n) is 11.7. The summed E-state index contributed by atoms with van der Waals surface area (Å²) in [5.74, 6) is -2.54. The van der Waals surface area contributed by atoms with E-state index in [1.807, 2.05) is 0 Å². The van der Waals surface area contributed by atoms with Gasteiger partial charge in [0.2, 0.25) is 0 Å². The van der Waals surface area contributed by atoms with Gasteiger partial charge < -0.3 is 10.4 Å². The molecule has 2 N–H and O–H groups in total. The summed E-state index contributed by atoms with van der Waals surface area (Å²) in [6, 6.07) is 12.3. The van der Waals surface area contributed by atoms with Gasteiger partial charge in [-0.25, -0.2) is 8.78 Å². The zero-order chi connectivity index (χ0) is 15.7. The molecular weight excluding hydrogens is 288 g/mol. The van der Waals surface area contributed by atoms with Gasteiger partial charge >= 0.3 is 0 Å². The van der Waals surface area contributed by atoms with Crippen LogP contribution in [0.1, 0.15) is 29.6 Å². The standard InChI is InChI=1S/C17H15F2NO2/c18-13-8-4-7-11(15(13)19)12-9-14(12)20-17(22)16(21)10-5-2-1-3-6-10/h1-8,12,14,16,21H,9H2,(H,20,22). The minimum absolute atomic E-state index is 0.248. The van der Waals surface area contributed by atoms with Crippen LogP contribution in [0.15, 0.2) is 48.5 Å². The third-order valence-corrected chi connectivity index (χ3v) is 3.86. The lowest BCUT2D eigenvalue weighted by atomic mass is 10.1. The predicted molar refractivity (Wildman–Crippen MR) is 77.0 cm³/mol. The summed E-state index contributed by atoms with van der Waals surface area (Å²) in [6.45, 7) is 0. The fourth-order valence-corrected chi connectivity index (χ4v) is 2.55. The van der Waals surface area contributed by atoms with Crippen LogP contribution >= 0.6 is 0 Å². The first-order valence-electron chi connectivity index (χ1n) is 7.05. The molecule has 0 spiro atoms. The molecule has 3 rings (SSSR count). The highest BCUT2D eigenvalue weighted by molar-refractivity contribution is 5.82. The van der Waals surface area contributed by atoms with Crippen molar-refractivity contribution < 1.29 is 18.7 Å². The fourth-order valence-electron chi connectivity index (χ4n) is 2.55. The van der Waals surface area contributed by atoms with Crippen molar-refractivity contribution in [2.45, 2.75) is 24.5 Å². The first kappa shape index (κ1) is 14.7. The first-order chi connectivity index (χ1) is 10.6. The lowest BCUT2D eigenvalue weighted by Crippen LogP contribution is -2.31. The van der Waals surface area contributed by atoms with Crippen molar-refractivity contribution in [2.75, 3.05) is 0 Å². The average molecular weight is 303 g/mol. The normalized spacial score (nSPS) is 21.2. The molecule has 0 heterocycles. The van der Waals surface area contributed by atoms with Gasteiger partial charge in [0.05, 0.1) is 0 Å². The Morgan fingerprint density at radius 3 is 2.59 bits per heavy atom. The van der Waals surface area contributed by atoms with Gasteiger partial charge in [-0.3, -0.25) is 4.79 Å². The van der Waals surface area contributed by atoms with E-state index < -0.39 is 23.6 Å². The average Bonchev–Trinajstić information content (AvgIpc) is 3.29. The third kappa shape index (κ3) is 2.85. The number of hydrogen-bond acceptors (Lipinski definition) is 2. The van der Waals surface area contributed by atoms with E-state index in [9.17, 15) is 18.7 Å². The van der Waals surface area contributed by atoms with E-state index in [1.165, 1.54) is 12.1 Å². The van der Waals surface area contributed by atoms with Crippen molar-refractivity contribution in [1.29, 1.82) is 0 Å². The summed E-state index contributed by atoms with van der Waals surface area (Å²) < 4.78 is 26.9. The van der Waals surface area contributed by atoms with E-state index in [0.29, 0.717) is 12.0 Å². The highest BCUT2D eigenvalue weighted by Crippen LogP contribution is 2.42. The van der Waals surface area contributed by atoms with E-state index in [2.05, 4.69) is 5.32 Å². The molecule has 1 aliphatic rings. The third-order valence-electron chi connectivity index (χ3n) is 3.86. The van der Waals surface area contributed by atoms with Gasteiger partial charge in [0.1, 0.15) is 0 Å². The van der Waals surface area contributed by atoms with Crippen LogP contribution in [0.25, 0.3) is 0 Å². The monoisotopic (exact) mass is 303 g/mol. The van der Waals surface area contributed by atoms with Gasteiger partial charge in [0.15, 0.2) is 17.7 Å². The molecule has 1 saturated carbocycles. The van der Waals surface area contributed by atoms with Crippen LogP contribution < -0.4 is 5.32 Å². The molecule has 1 aliphatic carbocycles. The van der Waals surface area contributed by atoms with E-state index in [-0.39, 0.29) is 17.5 Å². The number of amides is 1. The van der Waals surface area contributed by atoms with Gasteiger partial charge in [-0.2, -0.15) is 0 Å². The molecule has 2 aromatic rings. The van der Waals surface area contributed by atoms with Crippen molar-refractivity contribution in [1.82, 2.24) is 5.32 Å². The Labute approximate surface area is 126 Å². The molecule has 2 aromatic carbocycles. The Hall–Kier alpha value is -2.27. The van der Waals surface area contributed by atoms with E-state index in [1.54, 1.807) is 30.3 Å². The second-order valence-corrected chi connectivity index (χ2v) is 5.41. The van der Waals surface area contributed by atoms with Gasteiger partial charge in [-0.15, -0.1) is 0 Å². The number of nitrogens with one attached hydrogen (secondary N) is 1. The number of aliphatic hydroxyl groups excluding tert-OH is 1. The Bertz CT molecular complexity index is 690. The van der Waals surface area contributed by atoms with Crippen LogP contribution in [-0.4, -0.2) is 17.1 Å². The predicted octanol–water partition coefficient (Wildman–Crippen LogP) is 2.67. The number of benzene rings is 2. The van der Waals surface area contributed by atoms with Crippen LogP contribution in [-0.2, 0) is 4.79 Å². The van der Waals surface area contributed by atoms with Crippen LogP contribution in [0.5, 0.6) is 0 Å². The van der Waals surface area contributed by atoms with Crippen molar-refractivity contribution in [3.8, 4) is 0 Å². The maximum atomic E-state index is 13.7. The minimum atomic E-state index is -1.26. The highest BCUT2D eigenvalue weighted by atomic mass is 19.2. The van der Waals surface area contributed by atoms with Crippen LogP contribution in [0.4, 0.5) is 8.78 Å². The minimum Gasteiger partial charge on any atom is -0.378 e. The molecule has 3 nitrogen and oxygen atoms in total. The molecule has 114 valence electrons. The number of halogens is 2. The maximum absolute atomic E-state index is 13.7. The second-order valence-electron chi connectivity index (χ2n) is 5.41. The lowest BCUT2D eigenvalue weighted by Gasteiger charge is -2.11. The number of aliphatic hydroxyl groups is 1. The summed E-state index contributed by atoms with van der Waals surface area (Å²) in [4.78, 5) is 12.0. The van der Waals surface area contributed by atoms with Crippen molar-refractivity contribution in [3.63, 3.8) is 0 Å². The molecular formula is C17H15F2NO2. The molecule has 0 radical (unpaired) electrons. The van der Waals surface area contributed by atoms with Crippen molar-refractivity contribution in [3.05, 3.63) is 71.3 Å². The Morgan fingerprint density at radius 1 is 1.14 bits per heavy atom. The van der Waals surface area contributed by atoms with Crippen molar-refractivity contribution >= 4 is 5.91 Å². The van der Waals surface area contributed by atoms with Crippen LogP contribution in [0.3, 0.4) is 0 Å². The largest absolute Gasteiger partial charge is 0.378 e. The summed E-state index contributed by atoms with van der Waals surface area (Å²) >= 11 is 0. The van der Waals surface area contributed by atoms with Crippen LogP contribution in [0, 0.1) is 11.6 Å². The first-order valence-corrected chi connectivity index (χ1v) is 7.05. The SMILES string of the molecule is O=C(NC1CC1c1cccc(F)c1F)C(O)c1ccccc1. The van der Waals surface area contributed by atoms with Crippen LogP contribution in [0.2, 0.25) is 0 Å². The Morgan fingerprint density at radius 2 is 1.86 bits per heavy atom. The fraction of sp³-hybridized carbons (Fsp3) is 0.235. The Kier molecular flexibility index (Phi) is 3.90. The van der Waals surface area contributed by atoms with Gasteiger partial charge in [-0.05, 0) is 23.6 Å². The van der Waals surface area contributed by atoms with Crippen molar-refractivity contribution in [2.24, 2.45) is 0 Å². The van der Waals surface area contributed by atoms with E-state index >= 15 is 0 Å². The quantitative estimate of drug-likeness (QED) is 0.912. The topological polar surface area (TPSA) is 49.3 Å². The molecule has 0 saturated heterocycles.